The molecule has 0 aromatic heterocycles. The number of aliphatic hydroxyl groups is 1. The van der Waals surface area contributed by atoms with E-state index in [9.17, 15) is 5.11 Å². The van der Waals surface area contributed by atoms with Crippen LogP contribution in [0.1, 0.15) is 25.3 Å². The van der Waals surface area contributed by atoms with E-state index in [4.69, 9.17) is 16.3 Å². The highest BCUT2D eigenvalue weighted by molar-refractivity contribution is 9.10. The lowest BCUT2D eigenvalue weighted by atomic mass is 9.85. The van der Waals surface area contributed by atoms with E-state index in [-0.39, 0.29) is 0 Å². The van der Waals surface area contributed by atoms with E-state index in [1.165, 1.54) is 0 Å². The highest BCUT2D eigenvalue weighted by Crippen LogP contribution is 2.38. The summed E-state index contributed by atoms with van der Waals surface area (Å²) in [7, 11) is 0. The van der Waals surface area contributed by atoms with E-state index in [0.29, 0.717) is 17.2 Å². The van der Waals surface area contributed by atoms with Crippen LogP contribution in [0.3, 0.4) is 0 Å². The molecular weight excluding hydrogens is 303 g/mol. The molecule has 1 heterocycles. The second kappa shape index (κ2) is 5.01. The van der Waals surface area contributed by atoms with Crippen LogP contribution in [0.15, 0.2) is 34.5 Å². The first kappa shape index (κ1) is 12.9. The van der Waals surface area contributed by atoms with E-state index in [0.717, 1.165) is 22.9 Å². The normalized spacial score (nSPS) is 19.2. The first-order valence-corrected chi connectivity index (χ1v) is 6.68. The predicted molar refractivity (Wildman–Crippen MR) is 72.0 cm³/mol. The molecule has 0 saturated carbocycles. The number of ether oxygens (including phenoxy) is 1. The van der Waals surface area contributed by atoms with Gasteiger partial charge in [-0.25, -0.2) is 0 Å². The third kappa shape index (κ3) is 2.67. The molecule has 2 rings (SSSR count). The number of benzene rings is 1. The van der Waals surface area contributed by atoms with Crippen molar-refractivity contribution in [3.05, 3.63) is 45.1 Å². The largest absolute Gasteiger partial charge is 0.501 e. The van der Waals surface area contributed by atoms with Crippen molar-refractivity contribution in [1.82, 2.24) is 0 Å². The van der Waals surface area contributed by atoms with Crippen LogP contribution in [0, 0.1) is 0 Å². The minimum atomic E-state index is -1.07. The van der Waals surface area contributed by atoms with Gasteiger partial charge in [0, 0.05) is 20.6 Å². The molecule has 4 heteroatoms. The van der Waals surface area contributed by atoms with Crippen LogP contribution >= 0.6 is 27.5 Å². The average Bonchev–Trinajstić information content (AvgIpc) is 2.29. The Morgan fingerprint density at radius 3 is 2.82 bits per heavy atom. The SMILES string of the molecule is CC(O)(C1=COCCC1)c1ccc(Br)cc1Cl. The molecule has 1 unspecified atom stereocenters. The Hall–Kier alpha value is -0.510. The first-order valence-electron chi connectivity index (χ1n) is 5.51. The lowest BCUT2D eigenvalue weighted by Gasteiger charge is -2.30. The molecule has 0 aliphatic carbocycles. The van der Waals surface area contributed by atoms with E-state index >= 15 is 0 Å². The molecule has 1 aliphatic rings. The third-order valence-electron chi connectivity index (χ3n) is 3.01. The number of halogens is 2. The number of hydrogen-bond acceptors (Lipinski definition) is 2. The van der Waals surface area contributed by atoms with Crippen molar-refractivity contribution in [2.45, 2.75) is 25.4 Å². The summed E-state index contributed by atoms with van der Waals surface area (Å²) >= 11 is 9.53. The summed E-state index contributed by atoms with van der Waals surface area (Å²) in [6, 6.07) is 5.50. The maximum absolute atomic E-state index is 10.6. The monoisotopic (exact) mass is 316 g/mol. The summed E-state index contributed by atoms with van der Waals surface area (Å²) in [5.41, 5.74) is 0.505. The molecule has 0 bridgehead atoms. The second-order valence-corrected chi connectivity index (χ2v) is 5.64. The molecular formula is C13H14BrClO2. The van der Waals surface area contributed by atoms with Gasteiger partial charge in [0.05, 0.1) is 12.9 Å². The van der Waals surface area contributed by atoms with Crippen molar-refractivity contribution in [3.63, 3.8) is 0 Å². The summed E-state index contributed by atoms with van der Waals surface area (Å²) in [6.45, 7) is 2.47. The standard InChI is InChI=1S/C13H14BrClO2/c1-13(16,9-3-2-6-17-8-9)11-5-4-10(14)7-12(11)15/h4-5,7-8,16H,2-3,6H2,1H3. The lowest BCUT2D eigenvalue weighted by Crippen LogP contribution is -2.26. The van der Waals surface area contributed by atoms with Crippen molar-refractivity contribution in [1.29, 1.82) is 0 Å². The van der Waals surface area contributed by atoms with Gasteiger partial charge in [-0.2, -0.15) is 0 Å². The molecule has 1 atom stereocenters. The molecule has 1 aromatic rings. The van der Waals surface area contributed by atoms with Crippen LogP contribution in [0.25, 0.3) is 0 Å². The van der Waals surface area contributed by atoms with Gasteiger partial charge in [-0.1, -0.05) is 33.6 Å². The van der Waals surface area contributed by atoms with Crippen molar-refractivity contribution < 1.29 is 9.84 Å². The van der Waals surface area contributed by atoms with E-state index in [2.05, 4.69) is 15.9 Å². The molecule has 0 fully saturated rings. The smallest absolute Gasteiger partial charge is 0.112 e. The maximum Gasteiger partial charge on any atom is 0.112 e. The minimum Gasteiger partial charge on any atom is -0.501 e. The van der Waals surface area contributed by atoms with Crippen LogP contribution < -0.4 is 0 Å². The molecule has 92 valence electrons. The van der Waals surface area contributed by atoms with Gasteiger partial charge in [0.25, 0.3) is 0 Å². The Kier molecular flexibility index (Phi) is 3.81. The van der Waals surface area contributed by atoms with Gasteiger partial charge in [-0.05, 0) is 31.9 Å². The Morgan fingerprint density at radius 2 is 2.24 bits per heavy atom. The third-order valence-corrected chi connectivity index (χ3v) is 3.82. The van der Waals surface area contributed by atoms with E-state index in [1.807, 2.05) is 12.1 Å². The van der Waals surface area contributed by atoms with Crippen molar-refractivity contribution in [2.75, 3.05) is 6.61 Å². The zero-order valence-electron chi connectivity index (χ0n) is 9.54. The van der Waals surface area contributed by atoms with Gasteiger partial charge in [0.2, 0.25) is 0 Å². The molecule has 0 spiro atoms. The van der Waals surface area contributed by atoms with Gasteiger partial charge in [0.15, 0.2) is 0 Å². The molecule has 0 amide bonds. The van der Waals surface area contributed by atoms with Crippen LogP contribution in [-0.4, -0.2) is 11.7 Å². The summed E-state index contributed by atoms with van der Waals surface area (Å²) in [4.78, 5) is 0. The first-order chi connectivity index (χ1) is 8.01. The maximum atomic E-state index is 10.6. The van der Waals surface area contributed by atoms with Crippen LogP contribution in [-0.2, 0) is 10.3 Å². The van der Waals surface area contributed by atoms with Crippen molar-refractivity contribution >= 4 is 27.5 Å². The van der Waals surface area contributed by atoms with Gasteiger partial charge in [-0.15, -0.1) is 0 Å². The van der Waals surface area contributed by atoms with Crippen LogP contribution in [0.4, 0.5) is 0 Å². The molecule has 2 nitrogen and oxygen atoms in total. The Bertz CT molecular complexity index is 455. The fourth-order valence-electron chi connectivity index (χ4n) is 1.98. The molecule has 17 heavy (non-hydrogen) atoms. The van der Waals surface area contributed by atoms with Crippen molar-refractivity contribution in [2.24, 2.45) is 0 Å². The lowest BCUT2D eigenvalue weighted by molar-refractivity contribution is 0.0786. The molecule has 1 aliphatic heterocycles. The molecule has 0 radical (unpaired) electrons. The molecule has 0 saturated heterocycles. The minimum absolute atomic E-state index is 0.552. The van der Waals surface area contributed by atoms with Gasteiger partial charge < -0.3 is 9.84 Å². The topological polar surface area (TPSA) is 29.5 Å². The Morgan fingerprint density at radius 1 is 1.47 bits per heavy atom. The summed E-state index contributed by atoms with van der Waals surface area (Å²) < 4.78 is 6.18. The Labute approximate surface area is 114 Å². The zero-order valence-corrected chi connectivity index (χ0v) is 11.9. The summed E-state index contributed by atoms with van der Waals surface area (Å²) in [5.74, 6) is 0. The zero-order chi connectivity index (χ0) is 12.5. The van der Waals surface area contributed by atoms with E-state index in [1.54, 1.807) is 19.3 Å². The van der Waals surface area contributed by atoms with E-state index < -0.39 is 5.60 Å². The fraction of sp³-hybridized carbons (Fsp3) is 0.385. The quantitative estimate of drug-likeness (QED) is 0.893. The number of rotatable bonds is 2. The molecule has 1 aromatic carbocycles. The Balaban J connectivity index is 2.39. The van der Waals surface area contributed by atoms with Gasteiger partial charge in [0.1, 0.15) is 5.60 Å². The van der Waals surface area contributed by atoms with Crippen LogP contribution in [0.5, 0.6) is 0 Å². The number of hydrogen-bond donors (Lipinski definition) is 1. The highest BCUT2D eigenvalue weighted by Gasteiger charge is 2.31. The fourth-order valence-corrected chi connectivity index (χ4v) is 2.84. The predicted octanol–water partition coefficient (Wildman–Crippen LogP) is 4.00. The second-order valence-electron chi connectivity index (χ2n) is 4.31. The highest BCUT2D eigenvalue weighted by atomic mass is 79.9. The van der Waals surface area contributed by atoms with Crippen molar-refractivity contribution in [3.8, 4) is 0 Å². The van der Waals surface area contributed by atoms with Crippen LogP contribution in [0.2, 0.25) is 5.02 Å². The van der Waals surface area contributed by atoms with Gasteiger partial charge in [-0.3, -0.25) is 0 Å². The summed E-state index contributed by atoms with van der Waals surface area (Å²) in [5, 5.41) is 11.2. The molecule has 1 N–H and O–H groups in total. The average molecular weight is 318 g/mol. The van der Waals surface area contributed by atoms with Gasteiger partial charge >= 0.3 is 0 Å². The summed E-state index contributed by atoms with van der Waals surface area (Å²) in [6.07, 6.45) is 3.41.